The van der Waals surface area contributed by atoms with Crippen LogP contribution in [0.4, 0.5) is 11.5 Å². The minimum absolute atomic E-state index is 0.195. The Kier molecular flexibility index (Phi) is 3.50. The van der Waals surface area contributed by atoms with E-state index < -0.39 is 0 Å². The molecule has 0 aliphatic carbocycles. The number of nitrogen functional groups attached to an aromatic ring is 1. The summed E-state index contributed by atoms with van der Waals surface area (Å²) in [6.45, 7) is 6.05. The Balaban J connectivity index is 2.64. The maximum Gasteiger partial charge on any atom is 0.178 e. The molecule has 5 nitrogen and oxygen atoms in total. The van der Waals surface area contributed by atoms with Gasteiger partial charge in [0, 0.05) is 5.70 Å². The lowest BCUT2D eigenvalue weighted by Crippen LogP contribution is -2.53. The summed E-state index contributed by atoms with van der Waals surface area (Å²) in [4.78, 5) is 7.53. The summed E-state index contributed by atoms with van der Waals surface area (Å²) < 4.78 is 0.849. The molecule has 0 aromatic carbocycles. The number of nitrogens with two attached hydrogens (primary N) is 1. The highest BCUT2D eigenvalue weighted by Crippen LogP contribution is 2.29. The molecule has 0 atom stereocenters. The van der Waals surface area contributed by atoms with Crippen molar-refractivity contribution >= 4 is 53.3 Å². The van der Waals surface area contributed by atoms with E-state index in [1.807, 2.05) is 20.8 Å². The summed E-state index contributed by atoms with van der Waals surface area (Å²) in [5.41, 5.74) is 7.36. The number of thiocarbonyl (C=S) groups is 1. The Labute approximate surface area is 126 Å². The number of rotatable bonds is 1. The zero-order valence-electron chi connectivity index (χ0n) is 10.8. The third kappa shape index (κ3) is 2.70. The normalized spacial score (nSPS) is 17.9. The van der Waals surface area contributed by atoms with Crippen molar-refractivity contribution in [1.29, 1.82) is 0 Å². The van der Waals surface area contributed by atoms with Crippen molar-refractivity contribution in [3.05, 3.63) is 21.2 Å². The molecule has 8 heteroatoms. The highest BCUT2D eigenvalue weighted by molar-refractivity contribution is 7.80. The largest absolute Gasteiger partial charge is 0.383 e. The molecule has 0 amide bonds. The molecule has 0 spiro atoms. The van der Waals surface area contributed by atoms with Gasteiger partial charge in [0.15, 0.2) is 9.88 Å². The predicted molar refractivity (Wildman–Crippen MR) is 87.3 cm³/mol. The molecule has 1 aromatic rings. The van der Waals surface area contributed by atoms with E-state index in [1.165, 1.54) is 0 Å². The highest BCUT2D eigenvalue weighted by atomic mass is 32.1. The molecule has 102 valence electrons. The first-order valence-corrected chi connectivity index (χ1v) is 6.87. The van der Waals surface area contributed by atoms with Crippen molar-refractivity contribution in [2.24, 2.45) is 0 Å². The van der Waals surface area contributed by atoms with E-state index in [0.29, 0.717) is 26.0 Å². The number of aromatic amines is 2. The molecule has 0 bridgehead atoms. The third-order valence-electron chi connectivity index (χ3n) is 2.72. The molecule has 0 unspecified atom stereocenters. The summed E-state index contributed by atoms with van der Waals surface area (Å²) in [6.07, 6.45) is 2.07. The van der Waals surface area contributed by atoms with E-state index in [1.54, 1.807) is 4.90 Å². The van der Waals surface area contributed by atoms with Gasteiger partial charge in [0.05, 0.1) is 5.54 Å². The Bertz CT molecular complexity index is 682. The summed E-state index contributed by atoms with van der Waals surface area (Å²) >= 11 is 15.7. The number of aromatic nitrogens is 2. The maximum atomic E-state index is 5.98. The van der Waals surface area contributed by atoms with Gasteiger partial charge < -0.3 is 21.0 Å². The van der Waals surface area contributed by atoms with Crippen molar-refractivity contribution < 1.29 is 0 Å². The van der Waals surface area contributed by atoms with Crippen LogP contribution in [0.2, 0.25) is 0 Å². The Morgan fingerprint density at radius 2 is 1.84 bits per heavy atom. The zero-order chi connectivity index (χ0) is 14.4. The van der Waals surface area contributed by atoms with Crippen LogP contribution in [-0.4, -0.2) is 20.6 Å². The molecule has 1 aromatic heterocycles. The van der Waals surface area contributed by atoms with E-state index >= 15 is 0 Å². The Hall–Kier alpha value is -1.25. The zero-order valence-corrected chi connectivity index (χ0v) is 13.3. The average Bonchev–Trinajstić information content (AvgIpc) is 2.18. The van der Waals surface area contributed by atoms with Crippen molar-refractivity contribution in [3.8, 4) is 0 Å². The second-order valence-corrected chi connectivity index (χ2v) is 6.15. The fraction of sp³-hybridized carbons (Fsp3) is 0.364. The molecule has 1 aliphatic heterocycles. The number of hydrogen-bond donors (Lipinski definition) is 4. The van der Waals surface area contributed by atoms with Gasteiger partial charge in [-0.05, 0) is 51.3 Å². The smallest absolute Gasteiger partial charge is 0.178 e. The molecule has 19 heavy (non-hydrogen) atoms. The number of nitrogens with zero attached hydrogens (tertiary/aromatic N) is 1. The van der Waals surface area contributed by atoms with Gasteiger partial charge in [0.2, 0.25) is 0 Å². The van der Waals surface area contributed by atoms with Crippen molar-refractivity contribution in [2.45, 2.75) is 26.3 Å². The first-order chi connectivity index (χ1) is 8.71. The average molecular weight is 313 g/mol. The van der Waals surface area contributed by atoms with Crippen LogP contribution in [0.3, 0.4) is 0 Å². The number of H-pyrrole nitrogens is 2. The molecule has 5 N–H and O–H groups in total. The monoisotopic (exact) mass is 313 g/mol. The predicted octanol–water partition coefficient (Wildman–Crippen LogP) is 2.76. The number of nitrogens with one attached hydrogen (secondary N) is 3. The minimum Gasteiger partial charge on any atom is -0.383 e. The summed E-state index contributed by atoms with van der Waals surface area (Å²) in [6, 6.07) is 0. The van der Waals surface area contributed by atoms with Gasteiger partial charge in [-0.25, -0.2) is 0 Å². The SMILES string of the molecule is CC1=CC(C)(C)NC(=S)N1c1c(N)[nH]c(=S)[nH]c1=S. The van der Waals surface area contributed by atoms with E-state index in [9.17, 15) is 0 Å². The third-order valence-corrected chi connectivity index (χ3v) is 3.51. The second-order valence-electron chi connectivity index (χ2n) is 4.94. The molecule has 2 heterocycles. The van der Waals surface area contributed by atoms with E-state index in [4.69, 9.17) is 42.4 Å². The second kappa shape index (κ2) is 4.69. The van der Waals surface area contributed by atoms with Crippen LogP contribution in [-0.2, 0) is 0 Å². The molecule has 2 rings (SSSR count). The van der Waals surface area contributed by atoms with Crippen LogP contribution in [0.5, 0.6) is 0 Å². The van der Waals surface area contributed by atoms with Gasteiger partial charge in [0.1, 0.15) is 16.1 Å². The Morgan fingerprint density at radius 1 is 1.21 bits per heavy atom. The van der Waals surface area contributed by atoms with Gasteiger partial charge in [0.25, 0.3) is 0 Å². The molecular formula is C11H15N5S3. The number of hydrogen-bond acceptors (Lipinski definition) is 4. The van der Waals surface area contributed by atoms with E-state index in [0.717, 1.165) is 5.70 Å². The number of allylic oxidation sites excluding steroid dienone is 1. The van der Waals surface area contributed by atoms with Crippen molar-refractivity contribution in [1.82, 2.24) is 15.3 Å². The first kappa shape index (κ1) is 14.2. The first-order valence-electron chi connectivity index (χ1n) is 5.65. The van der Waals surface area contributed by atoms with Crippen molar-refractivity contribution in [3.63, 3.8) is 0 Å². The lowest BCUT2D eigenvalue weighted by molar-refractivity contribution is 0.559. The van der Waals surface area contributed by atoms with Crippen LogP contribution in [0, 0.1) is 9.41 Å². The summed E-state index contributed by atoms with van der Waals surface area (Å²) in [5, 5.41) is 3.79. The van der Waals surface area contributed by atoms with Crippen molar-refractivity contribution in [2.75, 3.05) is 10.6 Å². The summed E-state index contributed by atoms with van der Waals surface area (Å²) in [5.74, 6) is 0.394. The van der Waals surface area contributed by atoms with Gasteiger partial charge in [-0.3, -0.25) is 4.90 Å². The maximum absolute atomic E-state index is 5.98. The minimum atomic E-state index is -0.195. The van der Waals surface area contributed by atoms with Crippen LogP contribution >= 0.6 is 36.7 Å². The van der Waals surface area contributed by atoms with Gasteiger partial charge in [-0.2, -0.15) is 0 Å². The Morgan fingerprint density at radius 3 is 2.37 bits per heavy atom. The number of anilines is 2. The fourth-order valence-corrected chi connectivity index (χ4v) is 3.19. The van der Waals surface area contributed by atoms with Crippen LogP contribution in [0.15, 0.2) is 11.8 Å². The van der Waals surface area contributed by atoms with Gasteiger partial charge in [-0.1, -0.05) is 12.2 Å². The molecule has 0 saturated heterocycles. The molecule has 0 radical (unpaired) electrons. The topological polar surface area (TPSA) is 72.9 Å². The quantitative estimate of drug-likeness (QED) is 0.598. The summed E-state index contributed by atoms with van der Waals surface area (Å²) in [7, 11) is 0. The van der Waals surface area contributed by atoms with E-state index in [2.05, 4.69) is 21.4 Å². The lowest BCUT2D eigenvalue weighted by atomic mass is 10.0. The van der Waals surface area contributed by atoms with Gasteiger partial charge in [-0.15, -0.1) is 0 Å². The molecule has 0 fully saturated rings. The van der Waals surface area contributed by atoms with Crippen LogP contribution < -0.4 is 16.0 Å². The fourth-order valence-electron chi connectivity index (χ4n) is 2.11. The van der Waals surface area contributed by atoms with Crippen LogP contribution in [0.25, 0.3) is 0 Å². The highest BCUT2D eigenvalue weighted by Gasteiger charge is 2.29. The van der Waals surface area contributed by atoms with E-state index in [-0.39, 0.29) is 5.54 Å². The molecule has 1 aliphatic rings. The van der Waals surface area contributed by atoms with Gasteiger partial charge >= 0.3 is 0 Å². The van der Waals surface area contributed by atoms with Crippen LogP contribution in [0.1, 0.15) is 20.8 Å². The molecule has 0 saturated carbocycles. The lowest BCUT2D eigenvalue weighted by Gasteiger charge is -2.38. The molecular weight excluding hydrogens is 298 g/mol. The standard InChI is InChI=1S/C11H15N5S3/c1-5-4-11(2,3)15-10(19)16(5)6-7(12)13-9(18)14-8(6)17/h4H,1-3H3,(H,15,19)(H4,12,13,14,17,18).